The number of carbonyl (C=O) groups excluding carboxylic acids is 2. The van der Waals surface area contributed by atoms with E-state index < -0.39 is 5.60 Å². The Hall–Kier alpha value is -2.40. The lowest BCUT2D eigenvalue weighted by atomic mass is 9.52. The Kier molecular flexibility index (Phi) is 4.23. The molecule has 5 saturated carbocycles. The largest absolute Gasteiger partial charge is 0.390 e. The number of nitrogens with one attached hydrogen (secondary N) is 1. The Balaban J connectivity index is 1.30. The Morgan fingerprint density at radius 3 is 2.35 bits per heavy atom. The fourth-order valence-electron chi connectivity index (χ4n) is 7.01. The minimum Gasteiger partial charge on any atom is -0.390 e. The Bertz CT molecular complexity index is 1040. The first kappa shape index (κ1) is 19.3. The van der Waals surface area contributed by atoms with Crippen molar-refractivity contribution in [2.24, 2.45) is 24.8 Å². The van der Waals surface area contributed by atoms with E-state index in [0.717, 1.165) is 50.5 Å². The van der Waals surface area contributed by atoms with Crippen LogP contribution in [0.5, 0.6) is 0 Å². The van der Waals surface area contributed by atoms with E-state index in [4.69, 9.17) is 0 Å². The van der Waals surface area contributed by atoms with Crippen LogP contribution < -0.4 is 5.32 Å². The number of amides is 1. The summed E-state index contributed by atoms with van der Waals surface area (Å²) in [6, 6.07) is 11.4. The number of rotatable bonds is 5. The number of carbonyl (C=O) groups is 2. The molecule has 5 heteroatoms. The summed E-state index contributed by atoms with van der Waals surface area (Å²) in [5.74, 6) is 1.64. The number of aromatic nitrogens is 1. The maximum atomic E-state index is 13.6. The minimum absolute atomic E-state index is 0.0408. The van der Waals surface area contributed by atoms with Crippen molar-refractivity contribution >= 4 is 11.7 Å². The molecule has 2 aromatic rings. The maximum absolute atomic E-state index is 13.6. The number of nitrogens with zero attached hydrogens (tertiary/aromatic N) is 1. The predicted molar refractivity (Wildman–Crippen MR) is 117 cm³/mol. The van der Waals surface area contributed by atoms with E-state index in [0.29, 0.717) is 40.6 Å². The van der Waals surface area contributed by atoms with Crippen molar-refractivity contribution < 1.29 is 14.7 Å². The van der Waals surface area contributed by atoms with Crippen molar-refractivity contribution in [2.45, 2.75) is 62.5 Å². The highest BCUT2D eigenvalue weighted by Gasteiger charge is 2.55. The molecular weight excluding hydrogens is 388 g/mol. The Morgan fingerprint density at radius 2 is 1.74 bits per heavy atom. The van der Waals surface area contributed by atoms with Crippen LogP contribution in [0, 0.1) is 17.8 Å². The third kappa shape index (κ3) is 3.16. The number of benzene rings is 1. The summed E-state index contributed by atoms with van der Waals surface area (Å²) >= 11 is 0. The molecule has 162 valence electrons. The second kappa shape index (κ2) is 6.80. The Morgan fingerprint density at radius 1 is 1.06 bits per heavy atom. The van der Waals surface area contributed by atoms with Crippen LogP contribution in [0.1, 0.15) is 83.0 Å². The molecule has 5 nitrogen and oxygen atoms in total. The fourth-order valence-corrected chi connectivity index (χ4v) is 7.01. The number of ketones is 1. The van der Waals surface area contributed by atoms with Gasteiger partial charge in [0.15, 0.2) is 0 Å². The van der Waals surface area contributed by atoms with Crippen LogP contribution in [0.25, 0.3) is 0 Å². The smallest absolute Gasteiger partial charge is 0.268 e. The van der Waals surface area contributed by atoms with Gasteiger partial charge in [0.25, 0.3) is 5.91 Å². The quantitative estimate of drug-likeness (QED) is 0.726. The lowest BCUT2D eigenvalue weighted by molar-refractivity contribution is -0.137. The summed E-state index contributed by atoms with van der Waals surface area (Å²) in [6.45, 7) is 0. The van der Waals surface area contributed by atoms with Crippen LogP contribution in [0.2, 0.25) is 0 Å². The predicted octanol–water partition coefficient (Wildman–Crippen LogP) is 3.80. The lowest BCUT2D eigenvalue weighted by Gasteiger charge is -2.58. The first-order valence-corrected chi connectivity index (χ1v) is 11.7. The van der Waals surface area contributed by atoms with Crippen molar-refractivity contribution in [1.82, 2.24) is 9.88 Å². The zero-order valence-electron chi connectivity index (χ0n) is 18.0. The van der Waals surface area contributed by atoms with E-state index in [1.165, 1.54) is 0 Å². The molecule has 4 bridgehead atoms. The van der Waals surface area contributed by atoms with Gasteiger partial charge in [0.1, 0.15) is 5.69 Å². The van der Waals surface area contributed by atoms with Crippen molar-refractivity contribution in [3.05, 3.63) is 58.9 Å². The zero-order chi connectivity index (χ0) is 21.3. The summed E-state index contributed by atoms with van der Waals surface area (Å²) in [5, 5.41) is 14.2. The number of hydrogen-bond donors (Lipinski definition) is 2. The van der Waals surface area contributed by atoms with Crippen molar-refractivity contribution in [1.29, 1.82) is 0 Å². The SMILES string of the molecule is Cn1c(C(=O)c2ccccc2)cc(C2CC2)c1C(=O)NC1C2CC3CC1CC(O)(C3)C2. The highest BCUT2D eigenvalue weighted by Crippen LogP contribution is 2.55. The second-order valence-corrected chi connectivity index (χ2v) is 10.6. The van der Waals surface area contributed by atoms with Gasteiger partial charge in [-0.05, 0) is 80.2 Å². The van der Waals surface area contributed by atoms with Crippen LogP contribution >= 0.6 is 0 Å². The molecule has 0 aliphatic heterocycles. The third-order valence-electron chi connectivity index (χ3n) is 8.30. The van der Waals surface area contributed by atoms with E-state index in [2.05, 4.69) is 5.32 Å². The molecule has 2 N–H and O–H groups in total. The van der Waals surface area contributed by atoms with Gasteiger partial charge in [-0.1, -0.05) is 30.3 Å². The first-order valence-electron chi connectivity index (χ1n) is 11.7. The molecule has 2 unspecified atom stereocenters. The van der Waals surface area contributed by atoms with Crippen LogP contribution in [0.4, 0.5) is 0 Å². The van der Waals surface area contributed by atoms with Gasteiger partial charge in [-0.15, -0.1) is 0 Å². The molecule has 1 heterocycles. The topological polar surface area (TPSA) is 71.3 Å². The van der Waals surface area contributed by atoms with Gasteiger partial charge in [-0.2, -0.15) is 0 Å². The average Bonchev–Trinajstić information content (AvgIpc) is 3.52. The van der Waals surface area contributed by atoms with E-state index in [-0.39, 0.29) is 17.7 Å². The molecule has 31 heavy (non-hydrogen) atoms. The van der Waals surface area contributed by atoms with Gasteiger partial charge < -0.3 is 15.0 Å². The molecule has 5 fully saturated rings. The lowest BCUT2D eigenvalue weighted by Crippen LogP contribution is -2.61. The van der Waals surface area contributed by atoms with Gasteiger partial charge in [0.05, 0.1) is 11.3 Å². The highest BCUT2D eigenvalue weighted by atomic mass is 16.3. The zero-order valence-corrected chi connectivity index (χ0v) is 18.0. The van der Waals surface area contributed by atoms with Crippen molar-refractivity contribution in [3.8, 4) is 0 Å². The highest BCUT2D eigenvalue weighted by molar-refractivity contribution is 6.09. The molecule has 0 saturated heterocycles. The minimum atomic E-state index is -0.503. The molecule has 5 aliphatic carbocycles. The summed E-state index contributed by atoms with van der Waals surface area (Å²) < 4.78 is 1.81. The van der Waals surface area contributed by atoms with Gasteiger partial charge in [0.2, 0.25) is 5.78 Å². The van der Waals surface area contributed by atoms with Gasteiger partial charge in [0, 0.05) is 18.7 Å². The van der Waals surface area contributed by atoms with Crippen LogP contribution in [0.3, 0.4) is 0 Å². The van der Waals surface area contributed by atoms with Crippen LogP contribution in [-0.4, -0.2) is 33.0 Å². The molecule has 0 radical (unpaired) electrons. The maximum Gasteiger partial charge on any atom is 0.268 e. The number of aliphatic hydroxyl groups is 1. The molecule has 0 spiro atoms. The molecule has 5 aliphatic rings. The van der Waals surface area contributed by atoms with Crippen molar-refractivity contribution in [3.63, 3.8) is 0 Å². The van der Waals surface area contributed by atoms with Crippen LogP contribution in [0.15, 0.2) is 36.4 Å². The molecular formula is C26H30N2O3. The van der Waals surface area contributed by atoms with Gasteiger partial charge in [-0.25, -0.2) is 0 Å². The summed E-state index contributed by atoms with van der Waals surface area (Å²) in [7, 11) is 1.84. The summed E-state index contributed by atoms with van der Waals surface area (Å²) in [5.41, 5.74) is 2.39. The molecule has 1 aromatic carbocycles. The Labute approximate surface area is 182 Å². The molecule has 1 aromatic heterocycles. The van der Waals surface area contributed by atoms with E-state index in [9.17, 15) is 14.7 Å². The van der Waals surface area contributed by atoms with Gasteiger partial charge >= 0.3 is 0 Å². The second-order valence-electron chi connectivity index (χ2n) is 10.6. The third-order valence-corrected chi connectivity index (χ3v) is 8.30. The summed E-state index contributed by atoms with van der Waals surface area (Å²) in [6.07, 6.45) is 6.94. The normalized spacial score (nSPS) is 33.5. The number of hydrogen-bond acceptors (Lipinski definition) is 3. The summed E-state index contributed by atoms with van der Waals surface area (Å²) in [4.78, 5) is 26.7. The van der Waals surface area contributed by atoms with E-state index >= 15 is 0 Å². The standard InChI is InChI=1S/C26H30N2O3/c1-28-21(24(29)17-5-3-2-4-6-17)11-20(16-7-8-16)23(28)25(30)27-22-18-9-15-10-19(22)14-26(31,12-15)13-18/h2-6,11,15-16,18-19,22,31H,7-10,12-14H2,1H3,(H,27,30). The van der Waals surface area contributed by atoms with Crippen molar-refractivity contribution in [2.75, 3.05) is 0 Å². The first-order chi connectivity index (χ1) is 14.9. The van der Waals surface area contributed by atoms with Gasteiger partial charge in [-0.3, -0.25) is 9.59 Å². The van der Waals surface area contributed by atoms with Crippen LogP contribution in [-0.2, 0) is 7.05 Å². The van der Waals surface area contributed by atoms with E-state index in [1.807, 2.05) is 48.0 Å². The molecule has 2 atom stereocenters. The fraction of sp³-hybridized carbons (Fsp3) is 0.538. The average molecular weight is 419 g/mol. The molecule has 1 amide bonds. The monoisotopic (exact) mass is 418 g/mol. The molecule has 7 rings (SSSR count). The van der Waals surface area contributed by atoms with E-state index in [1.54, 1.807) is 0 Å².